The standard InChI is InChI=1S/C13H9FN4/c14-12-5-11(2-1-9(12)6-15)18-4-3-10-7-16-8-17-13(10)18/h1-2,5,7-8H,3-4H2. The maximum absolute atomic E-state index is 13.6. The first-order valence-electron chi connectivity index (χ1n) is 5.55. The molecule has 0 amide bonds. The number of rotatable bonds is 1. The largest absolute Gasteiger partial charge is 0.326 e. The highest BCUT2D eigenvalue weighted by Gasteiger charge is 2.22. The SMILES string of the molecule is N#Cc1ccc(N2CCc3cncnc32)cc1F. The Balaban J connectivity index is 2.03. The Morgan fingerprint density at radius 2 is 2.28 bits per heavy atom. The van der Waals surface area contributed by atoms with Crippen LogP contribution in [-0.4, -0.2) is 16.5 Å². The summed E-state index contributed by atoms with van der Waals surface area (Å²) < 4.78 is 13.6. The Morgan fingerprint density at radius 3 is 3.06 bits per heavy atom. The third-order valence-corrected chi connectivity index (χ3v) is 3.01. The van der Waals surface area contributed by atoms with Crippen LogP contribution in [0.2, 0.25) is 0 Å². The van der Waals surface area contributed by atoms with E-state index in [4.69, 9.17) is 5.26 Å². The third kappa shape index (κ3) is 1.59. The maximum Gasteiger partial charge on any atom is 0.143 e. The summed E-state index contributed by atoms with van der Waals surface area (Å²) in [6.45, 7) is 0.749. The van der Waals surface area contributed by atoms with E-state index < -0.39 is 5.82 Å². The van der Waals surface area contributed by atoms with Crippen LogP contribution >= 0.6 is 0 Å². The number of anilines is 2. The van der Waals surface area contributed by atoms with Crippen molar-refractivity contribution in [1.29, 1.82) is 5.26 Å². The smallest absolute Gasteiger partial charge is 0.143 e. The number of halogens is 1. The number of nitrogens with zero attached hydrogens (tertiary/aromatic N) is 4. The van der Waals surface area contributed by atoms with Gasteiger partial charge < -0.3 is 4.90 Å². The van der Waals surface area contributed by atoms with Crippen molar-refractivity contribution in [2.24, 2.45) is 0 Å². The molecule has 3 rings (SSSR count). The first kappa shape index (κ1) is 10.7. The van der Waals surface area contributed by atoms with Crippen molar-refractivity contribution >= 4 is 11.5 Å². The molecule has 0 unspecified atom stereocenters. The fourth-order valence-electron chi connectivity index (χ4n) is 2.12. The van der Waals surface area contributed by atoms with E-state index in [1.807, 2.05) is 11.0 Å². The first-order chi connectivity index (χ1) is 8.79. The van der Waals surface area contributed by atoms with Gasteiger partial charge in [0.25, 0.3) is 0 Å². The van der Waals surface area contributed by atoms with E-state index in [2.05, 4.69) is 9.97 Å². The Kier molecular flexibility index (Phi) is 2.41. The van der Waals surface area contributed by atoms with Crippen LogP contribution in [0.3, 0.4) is 0 Å². The van der Waals surface area contributed by atoms with Crippen LogP contribution < -0.4 is 4.90 Å². The normalized spacial score (nSPS) is 13.2. The summed E-state index contributed by atoms with van der Waals surface area (Å²) in [7, 11) is 0. The molecule has 0 N–H and O–H groups in total. The van der Waals surface area contributed by atoms with E-state index in [1.165, 1.54) is 18.5 Å². The molecule has 0 saturated carbocycles. The molecular formula is C13H9FN4. The van der Waals surface area contributed by atoms with Crippen LogP contribution in [-0.2, 0) is 6.42 Å². The molecule has 1 aliphatic rings. The van der Waals surface area contributed by atoms with Gasteiger partial charge in [0.1, 0.15) is 24.0 Å². The van der Waals surface area contributed by atoms with Crippen LogP contribution in [0.1, 0.15) is 11.1 Å². The molecule has 0 saturated heterocycles. The zero-order valence-corrected chi connectivity index (χ0v) is 9.47. The molecule has 88 valence electrons. The molecule has 5 heteroatoms. The molecule has 0 fully saturated rings. The summed E-state index contributed by atoms with van der Waals surface area (Å²) in [5.41, 5.74) is 1.83. The summed E-state index contributed by atoms with van der Waals surface area (Å²) in [5.74, 6) is 0.312. The average Bonchev–Trinajstić information content (AvgIpc) is 2.82. The molecule has 0 aliphatic carbocycles. The van der Waals surface area contributed by atoms with Gasteiger partial charge in [-0.15, -0.1) is 0 Å². The Hall–Kier alpha value is -2.48. The second-order valence-corrected chi connectivity index (χ2v) is 4.05. The predicted octanol–water partition coefficient (Wildman–Crippen LogP) is 2.18. The summed E-state index contributed by atoms with van der Waals surface area (Å²) in [6, 6.07) is 6.41. The van der Waals surface area contributed by atoms with Gasteiger partial charge in [0.15, 0.2) is 0 Å². The van der Waals surface area contributed by atoms with E-state index in [-0.39, 0.29) is 5.56 Å². The summed E-state index contributed by atoms with van der Waals surface area (Å²) in [5, 5.41) is 8.71. The average molecular weight is 240 g/mol. The third-order valence-electron chi connectivity index (χ3n) is 3.01. The quantitative estimate of drug-likeness (QED) is 0.766. The van der Waals surface area contributed by atoms with Gasteiger partial charge in [-0.2, -0.15) is 5.26 Å². The van der Waals surface area contributed by atoms with E-state index >= 15 is 0 Å². The van der Waals surface area contributed by atoms with Crippen LogP contribution in [0.15, 0.2) is 30.7 Å². The minimum Gasteiger partial charge on any atom is -0.326 e. The summed E-state index contributed by atoms with van der Waals surface area (Å²) in [4.78, 5) is 10.1. The topological polar surface area (TPSA) is 52.8 Å². The number of nitriles is 1. The van der Waals surface area contributed by atoms with Gasteiger partial charge in [0.05, 0.1) is 5.56 Å². The van der Waals surface area contributed by atoms with E-state index in [0.29, 0.717) is 5.69 Å². The molecule has 0 atom stereocenters. The maximum atomic E-state index is 13.6. The highest BCUT2D eigenvalue weighted by Crippen LogP contribution is 2.32. The van der Waals surface area contributed by atoms with Gasteiger partial charge in [0, 0.05) is 24.0 Å². The van der Waals surface area contributed by atoms with Crippen molar-refractivity contribution in [3.05, 3.63) is 47.7 Å². The Bertz CT molecular complexity index is 648. The molecule has 0 bridgehead atoms. The number of hydrogen-bond acceptors (Lipinski definition) is 4. The highest BCUT2D eigenvalue weighted by atomic mass is 19.1. The molecule has 0 radical (unpaired) electrons. The van der Waals surface area contributed by atoms with E-state index in [9.17, 15) is 4.39 Å². The van der Waals surface area contributed by atoms with Crippen molar-refractivity contribution in [3.63, 3.8) is 0 Å². The van der Waals surface area contributed by atoms with Gasteiger partial charge in [-0.25, -0.2) is 14.4 Å². The Morgan fingerprint density at radius 1 is 1.39 bits per heavy atom. The van der Waals surface area contributed by atoms with Crippen LogP contribution in [0.5, 0.6) is 0 Å². The van der Waals surface area contributed by atoms with Crippen LogP contribution in [0, 0.1) is 17.1 Å². The van der Waals surface area contributed by atoms with Gasteiger partial charge in [-0.05, 0) is 24.6 Å². The van der Waals surface area contributed by atoms with E-state index in [1.54, 1.807) is 12.3 Å². The molecule has 1 aliphatic heterocycles. The van der Waals surface area contributed by atoms with Crippen molar-refractivity contribution in [2.45, 2.75) is 6.42 Å². The molecule has 4 nitrogen and oxygen atoms in total. The van der Waals surface area contributed by atoms with Crippen LogP contribution in [0.4, 0.5) is 15.9 Å². The van der Waals surface area contributed by atoms with Gasteiger partial charge in [0.2, 0.25) is 0 Å². The van der Waals surface area contributed by atoms with Crippen molar-refractivity contribution in [1.82, 2.24) is 9.97 Å². The minimum absolute atomic E-state index is 0.0563. The monoisotopic (exact) mass is 240 g/mol. The van der Waals surface area contributed by atoms with Gasteiger partial charge >= 0.3 is 0 Å². The fourth-order valence-corrected chi connectivity index (χ4v) is 2.12. The van der Waals surface area contributed by atoms with Crippen molar-refractivity contribution < 1.29 is 4.39 Å². The molecule has 0 spiro atoms. The second-order valence-electron chi connectivity index (χ2n) is 4.05. The lowest BCUT2D eigenvalue weighted by Crippen LogP contribution is -2.14. The van der Waals surface area contributed by atoms with Gasteiger partial charge in [-0.3, -0.25) is 0 Å². The Labute approximate surface area is 103 Å². The minimum atomic E-state index is -0.502. The van der Waals surface area contributed by atoms with Crippen molar-refractivity contribution in [2.75, 3.05) is 11.4 Å². The first-order valence-corrected chi connectivity index (χ1v) is 5.55. The fraction of sp³-hybridized carbons (Fsp3) is 0.154. The lowest BCUT2D eigenvalue weighted by molar-refractivity contribution is 0.623. The molecule has 18 heavy (non-hydrogen) atoms. The molecular weight excluding hydrogens is 231 g/mol. The number of benzene rings is 1. The number of aromatic nitrogens is 2. The van der Waals surface area contributed by atoms with Gasteiger partial charge in [-0.1, -0.05) is 0 Å². The highest BCUT2D eigenvalue weighted by molar-refractivity contribution is 5.66. The van der Waals surface area contributed by atoms with E-state index in [0.717, 1.165) is 24.3 Å². The molecule has 1 aromatic carbocycles. The van der Waals surface area contributed by atoms with Crippen molar-refractivity contribution in [3.8, 4) is 6.07 Å². The molecule has 2 aromatic rings. The lowest BCUT2D eigenvalue weighted by Gasteiger charge is -2.18. The summed E-state index contributed by atoms with van der Waals surface area (Å²) in [6.07, 6.45) is 4.11. The zero-order valence-electron chi connectivity index (χ0n) is 9.47. The predicted molar refractivity (Wildman–Crippen MR) is 63.9 cm³/mol. The zero-order chi connectivity index (χ0) is 12.5. The lowest BCUT2D eigenvalue weighted by atomic mass is 10.2. The number of fused-ring (bicyclic) bond motifs is 1. The second kappa shape index (κ2) is 4.08. The molecule has 2 heterocycles. The molecule has 1 aromatic heterocycles. The summed E-state index contributed by atoms with van der Waals surface area (Å²) >= 11 is 0. The van der Waals surface area contributed by atoms with Crippen LogP contribution in [0.25, 0.3) is 0 Å². The number of hydrogen-bond donors (Lipinski definition) is 0.